The molecule has 1 rings (SSSR count). The van der Waals surface area contributed by atoms with Crippen LogP contribution in [0.25, 0.3) is 0 Å². The molecule has 0 saturated heterocycles. The predicted octanol–water partition coefficient (Wildman–Crippen LogP) is 0.679. The second-order valence-electron chi connectivity index (χ2n) is 2.39. The molecule has 0 aromatic carbocycles. The van der Waals surface area contributed by atoms with Crippen LogP contribution in [0.1, 0.15) is 6.92 Å². The number of hydrogen-bond acceptors (Lipinski definition) is 2. The summed E-state index contributed by atoms with van der Waals surface area (Å²) < 4.78 is 0. The molecule has 0 spiro atoms. The Balaban J connectivity index is 3.01. The van der Waals surface area contributed by atoms with E-state index in [4.69, 9.17) is 0 Å². The molecule has 1 amide bonds. The van der Waals surface area contributed by atoms with Crippen LogP contribution < -0.4 is 10.6 Å². The van der Waals surface area contributed by atoms with E-state index in [2.05, 4.69) is 17.2 Å². The Kier molecular flexibility index (Phi) is 2.69. The summed E-state index contributed by atoms with van der Waals surface area (Å²) in [5, 5.41) is 5.70. The third-order valence-corrected chi connectivity index (χ3v) is 1.60. The zero-order valence-corrected chi connectivity index (χ0v) is 7.05. The van der Waals surface area contributed by atoms with Crippen molar-refractivity contribution in [2.45, 2.75) is 6.92 Å². The minimum Gasteiger partial charge on any atom is -0.367 e. The number of nitrogens with one attached hydrogen (secondary N) is 2. The first kappa shape index (κ1) is 8.59. The van der Waals surface area contributed by atoms with E-state index in [1.165, 1.54) is 0 Å². The van der Waals surface area contributed by atoms with Gasteiger partial charge in [0.2, 0.25) is 0 Å². The molecule has 3 nitrogen and oxygen atoms in total. The Labute approximate surface area is 71.8 Å². The number of rotatable bonds is 2. The molecule has 0 bridgehead atoms. The maximum absolute atomic E-state index is 11.2. The molecule has 0 fully saturated rings. The highest BCUT2D eigenvalue weighted by Gasteiger charge is 2.14. The van der Waals surface area contributed by atoms with Crippen LogP contribution in [0.3, 0.4) is 0 Å². The SMILES string of the molecule is C=CC1=C(/C=C\C)NCNC1=O. The Morgan fingerprint density at radius 1 is 1.50 bits per heavy atom. The highest BCUT2D eigenvalue weighted by molar-refractivity contribution is 5.97. The van der Waals surface area contributed by atoms with Crippen LogP contribution in [0, 0.1) is 0 Å². The Morgan fingerprint density at radius 2 is 2.25 bits per heavy atom. The summed E-state index contributed by atoms with van der Waals surface area (Å²) in [6.45, 7) is 5.96. The summed E-state index contributed by atoms with van der Waals surface area (Å²) in [4.78, 5) is 11.2. The molecule has 0 aliphatic carbocycles. The van der Waals surface area contributed by atoms with Crippen molar-refractivity contribution in [3.63, 3.8) is 0 Å². The van der Waals surface area contributed by atoms with E-state index >= 15 is 0 Å². The quantitative estimate of drug-likeness (QED) is 0.630. The summed E-state index contributed by atoms with van der Waals surface area (Å²) in [6, 6.07) is 0. The van der Waals surface area contributed by atoms with Gasteiger partial charge < -0.3 is 10.6 Å². The van der Waals surface area contributed by atoms with Crippen LogP contribution in [0.5, 0.6) is 0 Å². The van der Waals surface area contributed by atoms with E-state index in [1.807, 2.05) is 19.1 Å². The van der Waals surface area contributed by atoms with Crippen molar-refractivity contribution in [3.8, 4) is 0 Å². The highest BCUT2D eigenvalue weighted by Crippen LogP contribution is 2.07. The Hall–Kier alpha value is -1.51. The van der Waals surface area contributed by atoms with Gasteiger partial charge in [-0.15, -0.1) is 0 Å². The van der Waals surface area contributed by atoms with E-state index in [-0.39, 0.29) is 5.91 Å². The van der Waals surface area contributed by atoms with Crippen LogP contribution in [-0.4, -0.2) is 12.6 Å². The van der Waals surface area contributed by atoms with Crippen molar-refractivity contribution < 1.29 is 4.79 Å². The first-order chi connectivity index (χ1) is 5.79. The molecule has 0 saturated carbocycles. The minimum atomic E-state index is -0.0724. The lowest BCUT2D eigenvalue weighted by molar-refractivity contribution is -0.117. The Bertz CT molecular complexity index is 264. The molecule has 64 valence electrons. The molecular weight excluding hydrogens is 152 g/mol. The van der Waals surface area contributed by atoms with Crippen molar-refractivity contribution in [1.29, 1.82) is 0 Å². The number of hydrogen-bond donors (Lipinski definition) is 2. The summed E-state index contributed by atoms with van der Waals surface area (Å²) >= 11 is 0. The fourth-order valence-electron chi connectivity index (χ4n) is 1.05. The molecule has 1 aliphatic heterocycles. The van der Waals surface area contributed by atoms with Gasteiger partial charge >= 0.3 is 0 Å². The molecule has 0 radical (unpaired) electrons. The van der Waals surface area contributed by atoms with Crippen molar-refractivity contribution in [2.24, 2.45) is 0 Å². The fraction of sp³-hybridized carbons (Fsp3) is 0.222. The largest absolute Gasteiger partial charge is 0.367 e. The van der Waals surface area contributed by atoms with E-state index < -0.39 is 0 Å². The first-order valence-electron chi connectivity index (χ1n) is 3.81. The molecule has 12 heavy (non-hydrogen) atoms. The van der Waals surface area contributed by atoms with Crippen molar-refractivity contribution in [3.05, 3.63) is 36.1 Å². The second kappa shape index (κ2) is 3.76. The predicted molar refractivity (Wildman–Crippen MR) is 48.2 cm³/mol. The van der Waals surface area contributed by atoms with Gasteiger partial charge in [-0.25, -0.2) is 0 Å². The molecule has 0 aromatic heterocycles. The van der Waals surface area contributed by atoms with Gasteiger partial charge in [0.25, 0.3) is 5.91 Å². The van der Waals surface area contributed by atoms with Gasteiger partial charge in [-0.2, -0.15) is 0 Å². The molecule has 0 aromatic rings. The van der Waals surface area contributed by atoms with Gasteiger partial charge in [-0.05, 0) is 13.0 Å². The normalized spacial score (nSPS) is 17.6. The lowest BCUT2D eigenvalue weighted by atomic mass is 10.1. The van der Waals surface area contributed by atoms with Crippen LogP contribution >= 0.6 is 0 Å². The van der Waals surface area contributed by atoms with Crippen LogP contribution in [0.15, 0.2) is 36.1 Å². The molecule has 1 aliphatic rings. The van der Waals surface area contributed by atoms with Crippen LogP contribution in [0.2, 0.25) is 0 Å². The molecule has 0 atom stereocenters. The lowest BCUT2D eigenvalue weighted by Gasteiger charge is -2.18. The zero-order valence-electron chi connectivity index (χ0n) is 7.05. The number of carbonyl (C=O) groups excluding carboxylic acids is 1. The summed E-state index contributed by atoms with van der Waals surface area (Å²) in [6.07, 6.45) is 5.29. The van der Waals surface area contributed by atoms with Crippen LogP contribution in [-0.2, 0) is 4.79 Å². The molecule has 1 heterocycles. The average Bonchev–Trinajstić information content (AvgIpc) is 2.05. The van der Waals surface area contributed by atoms with Crippen molar-refractivity contribution in [1.82, 2.24) is 10.6 Å². The molecule has 2 N–H and O–H groups in total. The van der Waals surface area contributed by atoms with Gasteiger partial charge in [-0.1, -0.05) is 18.7 Å². The summed E-state index contributed by atoms with van der Waals surface area (Å²) in [7, 11) is 0. The van der Waals surface area contributed by atoms with Gasteiger partial charge in [0.1, 0.15) is 0 Å². The number of allylic oxidation sites excluding steroid dienone is 2. The minimum absolute atomic E-state index is 0.0724. The topological polar surface area (TPSA) is 41.1 Å². The fourth-order valence-corrected chi connectivity index (χ4v) is 1.05. The second-order valence-corrected chi connectivity index (χ2v) is 2.39. The maximum Gasteiger partial charge on any atom is 0.254 e. The Morgan fingerprint density at radius 3 is 2.83 bits per heavy atom. The van der Waals surface area contributed by atoms with Gasteiger partial charge in [0, 0.05) is 5.70 Å². The first-order valence-corrected chi connectivity index (χ1v) is 3.81. The highest BCUT2D eigenvalue weighted by atomic mass is 16.1. The van der Waals surface area contributed by atoms with Gasteiger partial charge in [0.15, 0.2) is 0 Å². The van der Waals surface area contributed by atoms with E-state index in [0.29, 0.717) is 12.2 Å². The van der Waals surface area contributed by atoms with E-state index in [1.54, 1.807) is 6.08 Å². The number of amides is 1. The number of carbonyl (C=O) groups is 1. The maximum atomic E-state index is 11.2. The summed E-state index contributed by atoms with van der Waals surface area (Å²) in [5.41, 5.74) is 1.43. The summed E-state index contributed by atoms with van der Waals surface area (Å²) in [5.74, 6) is -0.0724. The lowest BCUT2D eigenvalue weighted by Crippen LogP contribution is -2.40. The van der Waals surface area contributed by atoms with Gasteiger partial charge in [0.05, 0.1) is 12.2 Å². The smallest absolute Gasteiger partial charge is 0.254 e. The monoisotopic (exact) mass is 164 g/mol. The van der Waals surface area contributed by atoms with E-state index in [9.17, 15) is 4.79 Å². The molecular formula is C9H12N2O. The van der Waals surface area contributed by atoms with E-state index in [0.717, 1.165) is 5.70 Å². The van der Waals surface area contributed by atoms with Crippen molar-refractivity contribution in [2.75, 3.05) is 6.67 Å². The zero-order chi connectivity index (χ0) is 8.97. The van der Waals surface area contributed by atoms with Gasteiger partial charge in [-0.3, -0.25) is 4.79 Å². The average molecular weight is 164 g/mol. The third-order valence-electron chi connectivity index (χ3n) is 1.60. The standard InChI is InChI=1S/C9H12N2O/c1-3-5-8-7(4-2)9(12)11-6-10-8/h3-5,10H,2,6H2,1H3,(H,11,12)/b5-3-. The van der Waals surface area contributed by atoms with Crippen molar-refractivity contribution >= 4 is 5.91 Å². The molecule has 0 unspecified atom stereocenters. The van der Waals surface area contributed by atoms with Crippen LogP contribution in [0.4, 0.5) is 0 Å². The third kappa shape index (κ3) is 1.56. The molecule has 3 heteroatoms.